The third-order valence-electron chi connectivity index (χ3n) is 2.39. The summed E-state index contributed by atoms with van der Waals surface area (Å²) in [6.07, 6.45) is 1.14. The summed E-state index contributed by atoms with van der Waals surface area (Å²) in [6, 6.07) is 6.23. The molecule has 0 spiro atoms. The first-order valence-electron chi connectivity index (χ1n) is 4.30. The molecular weight excluding hydrogens is 186 g/mol. The van der Waals surface area contributed by atoms with Crippen molar-refractivity contribution in [2.24, 2.45) is 0 Å². The van der Waals surface area contributed by atoms with Gasteiger partial charge in [0.05, 0.1) is 0 Å². The fraction of sp³-hybridized carbons (Fsp3) is 0.400. The summed E-state index contributed by atoms with van der Waals surface area (Å²) in [7, 11) is 0. The van der Waals surface area contributed by atoms with Gasteiger partial charge in [0.25, 0.3) is 0 Å². The van der Waals surface area contributed by atoms with E-state index in [1.807, 2.05) is 25.1 Å². The van der Waals surface area contributed by atoms with Crippen LogP contribution in [0.15, 0.2) is 18.2 Å². The van der Waals surface area contributed by atoms with Gasteiger partial charge in [-0.05, 0) is 31.5 Å². The molecule has 0 aliphatic carbocycles. The molecule has 2 N–H and O–H groups in total. The van der Waals surface area contributed by atoms with Crippen LogP contribution in [0, 0.1) is 6.92 Å². The van der Waals surface area contributed by atoms with Gasteiger partial charge in [0.1, 0.15) is 5.75 Å². The van der Waals surface area contributed by atoms with Crippen LogP contribution < -0.4 is 5.32 Å². The van der Waals surface area contributed by atoms with Gasteiger partial charge in [0.2, 0.25) is 0 Å². The molecule has 0 amide bonds. The molecule has 0 radical (unpaired) electrons. The van der Waals surface area contributed by atoms with Gasteiger partial charge < -0.3 is 10.4 Å². The number of hydrogen-bond acceptors (Lipinski definition) is 2. The number of rotatable bonds is 1. The maximum absolute atomic E-state index is 9.59. The number of aryl methyl sites for hydroxylation is 1. The fourth-order valence-corrected chi connectivity index (χ4v) is 1.50. The summed E-state index contributed by atoms with van der Waals surface area (Å²) in [6.45, 7) is 3.05. The highest BCUT2D eigenvalue weighted by atomic mass is 35.5. The van der Waals surface area contributed by atoms with Crippen molar-refractivity contribution in [3.05, 3.63) is 29.3 Å². The summed E-state index contributed by atoms with van der Waals surface area (Å²) in [5.74, 6) is 0.423. The van der Waals surface area contributed by atoms with Crippen molar-refractivity contribution in [3.63, 3.8) is 0 Å². The van der Waals surface area contributed by atoms with E-state index in [0.717, 1.165) is 24.1 Å². The van der Waals surface area contributed by atoms with Crippen LogP contribution in [-0.2, 0) is 0 Å². The van der Waals surface area contributed by atoms with Gasteiger partial charge in [-0.25, -0.2) is 0 Å². The zero-order chi connectivity index (χ0) is 8.55. The minimum atomic E-state index is 0. The van der Waals surface area contributed by atoms with Gasteiger partial charge in [-0.3, -0.25) is 0 Å². The number of halogens is 1. The molecule has 0 saturated carbocycles. The highest BCUT2D eigenvalue weighted by Gasteiger charge is 2.20. The van der Waals surface area contributed by atoms with E-state index in [2.05, 4.69) is 5.32 Å². The Bertz CT molecular complexity index is 297. The van der Waals surface area contributed by atoms with Crippen LogP contribution in [0.3, 0.4) is 0 Å². The Morgan fingerprint density at radius 1 is 1.46 bits per heavy atom. The van der Waals surface area contributed by atoms with Crippen molar-refractivity contribution in [2.75, 3.05) is 6.54 Å². The average Bonchev–Trinajstić information content (AvgIpc) is 1.91. The molecule has 0 aromatic heterocycles. The van der Waals surface area contributed by atoms with E-state index in [0.29, 0.717) is 11.8 Å². The van der Waals surface area contributed by atoms with Crippen LogP contribution in [0.2, 0.25) is 0 Å². The molecule has 1 aromatic rings. The molecule has 0 unspecified atom stereocenters. The van der Waals surface area contributed by atoms with Crippen LogP contribution in [0.4, 0.5) is 0 Å². The lowest BCUT2D eigenvalue weighted by Gasteiger charge is -2.28. The number of phenolic OH excluding ortho intramolecular Hbond substituents is 1. The Balaban J connectivity index is 0.000000845. The molecular formula is C10H14ClNO. The Kier molecular flexibility index (Phi) is 3.17. The molecule has 1 saturated heterocycles. The normalized spacial score (nSPS) is 20.2. The number of hydrogen-bond donors (Lipinski definition) is 2. The maximum Gasteiger partial charge on any atom is 0.120 e. The lowest BCUT2D eigenvalue weighted by atomic mass is 9.96. The van der Waals surface area contributed by atoms with Crippen LogP contribution in [0.25, 0.3) is 0 Å². The predicted molar refractivity (Wildman–Crippen MR) is 55.5 cm³/mol. The standard InChI is InChI=1S/C10H13NO.ClH/c1-7-2-3-8(10(12)6-7)9-4-5-11-9;/h2-3,6,9,11-12H,4-5H2,1H3;1H/t9-;/m0./s1. The molecule has 0 bridgehead atoms. The SMILES string of the molecule is Cc1ccc([C@@H]2CCN2)c(O)c1.Cl. The molecule has 3 heteroatoms. The lowest BCUT2D eigenvalue weighted by Crippen LogP contribution is -2.34. The Labute approximate surface area is 84.4 Å². The van der Waals surface area contributed by atoms with E-state index in [1.54, 1.807) is 0 Å². The van der Waals surface area contributed by atoms with Gasteiger partial charge in [-0.1, -0.05) is 12.1 Å². The Morgan fingerprint density at radius 2 is 2.15 bits per heavy atom. The van der Waals surface area contributed by atoms with E-state index < -0.39 is 0 Å². The minimum Gasteiger partial charge on any atom is -0.508 e. The second kappa shape index (κ2) is 3.99. The summed E-state index contributed by atoms with van der Waals surface area (Å²) in [5, 5.41) is 12.8. The van der Waals surface area contributed by atoms with E-state index in [-0.39, 0.29) is 12.4 Å². The Hall–Kier alpha value is -0.730. The smallest absolute Gasteiger partial charge is 0.120 e. The molecule has 2 rings (SSSR count). The van der Waals surface area contributed by atoms with Crippen molar-refractivity contribution in [1.82, 2.24) is 5.32 Å². The Morgan fingerprint density at radius 3 is 2.62 bits per heavy atom. The zero-order valence-corrected chi connectivity index (χ0v) is 8.40. The highest BCUT2D eigenvalue weighted by molar-refractivity contribution is 5.85. The topological polar surface area (TPSA) is 32.3 Å². The maximum atomic E-state index is 9.59. The quantitative estimate of drug-likeness (QED) is 0.727. The average molecular weight is 200 g/mol. The van der Waals surface area contributed by atoms with Crippen molar-refractivity contribution >= 4 is 12.4 Å². The summed E-state index contributed by atoms with van der Waals surface area (Å²) in [4.78, 5) is 0. The van der Waals surface area contributed by atoms with Crippen LogP contribution in [0.1, 0.15) is 23.6 Å². The first-order chi connectivity index (χ1) is 5.77. The number of phenols is 1. The first-order valence-corrected chi connectivity index (χ1v) is 4.30. The van der Waals surface area contributed by atoms with Crippen LogP contribution in [-0.4, -0.2) is 11.7 Å². The van der Waals surface area contributed by atoms with Crippen molar-refractivity contribution in [2.45, 2.75) is 19.4 Å². The molecule has 1 aromatic carbocycles. The summed E-state index contributed by atoms with van der Waals surface area (Å²) in [5.41, 5.74) is 2.14. The number of aromatic hydroxyl groups is 1. The fourth-order valence-electron chi connectivity index (χ4n) is 1.50. The lowest BCUT2D eigenvalue weighted by molar-refractivity contribution is 0.364. The van der Waals surface area contributed by atoms with Gasteiger partial charge in [-0.15, -0.1) is 12.4 Å². The first kappa shape index (κ1) is 10.4. The molecule has 1 aliphatic rings. The molecule has 1 atom stereocenters. The predicted octanol–water partition coefficient (Wildman–Crippen LogP) is 2.16. The van der Waals surface area contributed by atoms with Gasteiger partial charge >= 0.3 is 0 Å². The molecule has 72 valence electrons. The van der Waals surface area contributed by atoms with Crippen LogP contribution >= 0.6 is 12.4 Å². The van der Waals surface area contributed by atoms with E-state index in [1.165, 1.54) is 0 Å². The monoisotopic (exact) mass is 199 g/mol. The van der Waals surface area contributed by atoms with Gasteiger partial charge in [0, 0.05) is 11.6 Å². The second-order valence-corrected chi connectivity index (χ2v) is 3.36. The molecule has 13 heavy (non-hydrogen) atoms. The highest BCUT2D eigenvalue weighted by Crippen LogP contribution is 2.30. The summed E-state index contributed by atoms with van der Waals surface area (Å²) >= 11 is 0. The van der Waals surface area contributed by atoms with Gasteiger partial charge in [0.15, 0.2) is 0 Å². The van der Waals surface area contributed by atoms with Crippen LogP contribution in [0.5, 0.6) is 5.75 Å². The van der Waals surface area contributed by atoms with Crippen molar-refractivity contribution in [1.29, 1.82) is 0 Å². The largest absolute Gasteiger partial charge is 0.508 e. The van der Waals surface area contributed by atoms with E-state index in [4.69, 9.17) is 0 Å². The third kappa shape index (κ3) is 1.95. The van der Waals surface area contributed by atoms with Gasteiger partial charge in [-0.2, -0.15) is 0 Å². The molecule has 1 heterocycles. The molecule has 1 aliphatic heterocycles. The van der Waals surface area contributed by atoms with Crippen molar-refractivity contribution < 1.29 is 5.11 Å². The number of benzene rings is 1. The van der Waals surface area contributed by atoms with E-state index in [9.17, 15) is 5.11 Å². The zero-order valence-electron chi connectivity index (χ0n) is 7.58. The van der Waals surface area contributed by atoms with E-state index >= 15 is 0 Å². The summed E-state index contributed by atoms with van der Waals surface area (Å²) < 4.78 is 0. The second-order valence-electron chi connectivity index (χ2n) is 3.36. The third-order valence-corrected chi connectivity index (χ3v) is 2.39. The minimum absolute atomic E-state index is 0. The van der Waals surface area contributed by atoms with Crippen molar-refractivity contribution in [3.8, 4) is 5.75 Å². The molecule has 2 nitrogen and oxygen atoms in total. The molecule has 1 fully saturated rings. The number of nitrogens with one attached hydrogen (secondary N) is 1.